The summed E-state index contributed by atoms with van der Waals surface area (Å²) >= 11 is 4.97. The van der Waals surface area contributed by atoms with Gasteiger partial charge in [0, 0.05) is 34.6 Å². The molecule has 4 nitrogen and oxygen atoms in total. The lowest BCUT2D eigenvalue weighted by Gasteiger charge is -2.04. The molecule has 0 radical (unpaired) electrons. The molecule has 0 amide bonds. The van der Waals surface area contributed by atoms with Crippen LogP contribution >= 0.6 is 27.3 Å². The van der Waals surface area contributed by atoms with Crippen LogP contribution < -0.4 is 5.32 Å². The molecule has 6 heteroatoms. The van der Waals surface area contributed by atoms with E-state index in [4.69, 9.17) is 0 Å². The number of nitrogens with zero attached hydrogens (tertiary/aromatic N) is 1. The largest absolute Gasteiger partial charge is 0.308 e. The molecule has 1 aromatic heterocycles. The molecule has 0 saturated heterocycles. The predicted octanol–water partition coefficient (Wildman–Crippen LogP) is 3.71. The highest BCUT2D eigenvalue weighted by Gasteiger charge is 2.08. The normalized spacial score (nSPS) is 10.5. The molecule has 0 aliphatic carbocycles. The molecule has 18 heavy (non-hydrogen) atoms. The van der Waals surface area contributed by atoms with E-state index in [1.54, 1.807) is 17.4 Å². The first-order valence-corrected chi connectivity index (χ1v) is 6.99. The highest BCUT2D eigenvalue weighted by molar-refractivity contribution is 9.10. The zero-order chi connectivity index (χ0) is 13.0. The van der Waals surface area contributed by atoms with Gasteiger partial charge < -0.3 is 5.32 Å². The van der Waals surface area contributed by atoms with Gasteiger partial charge in [-0.1, -0.05) is 22.0 Å². The quantitative estimate of drug-likeness (QED) is 0.673. The molecule has 94 valence electrons. The summed E-state index contributed by atoms with van der Waals surface area (Å²) in [4.78, 5) is 11.6. The third-order valence-electron chi connectivity index (χ3n) is 2.36. The van der Waals surface area contributed by atoms with Crippen molar-refractivity contribution in [2.75, 3.05) is 0 Å². The average molecular weight is 327 g/mol. The van der Waals surface area contributed by atoms with Gasteiger partial charge in [-0.3, -0.25) is 10.1 Å². The Morgan fingerprint density at radius 3 is 2.83 bits per heavy atom. The van der Waals surface area contributed by atoms with Crippen molar-refractivity contribution in [3.8, 4) is 0 Å². The lowest BCUT2D eigenvalue weighted by atomic mass is 10.2. The Hall–Kier alpha value is -1.24. The maximum Gasteiger partial charge on any atom is 0.270 e. The minimum absolute atomic E-state index is 0.109. The molecule has 1 N–H and O–H groups in total. The van der Waals surface area contributed by atoms with Crippen molar-refractivity contribution in [2.45, 2.75) is 13.1 Å². The number of thiophene rings is 1. The monoisotopic (exact) mass is 326 g/mol. The summed E-state index contributed by atoms with van der Waals surface area (Å²) < 4.78 is 0.727. The molecule has 0 aliphatic rings. The first kappa shape index (κ1) is 13.2. The van der Waals surface area contributed by atoms with Crippen LogP contribution in [0, 0.1) is 10.1 Å². The van der Waals surface area contributed by atoms with E-state index in [0.29, 0.717) is 6.54 Å². The Balaban J connectivity index is 1.98. The van der Waals surface area contributed by atoms with Crippen LogP contribution in [0.2, 0.25) is 0 Å². The lowest BCUT2D eigenvalue weighted by Crippen LogP contribution is -2.11. The summed E-state index contributed by atoms with van der Waals surface area (Å²) in [6.07, 6.45) is 0. The summed E-state index contributed by atoms with van der Waals surface area (Å²) in [5.74, 6) is 0. The van der Waals surface area contributed by atoms with Gasteiger partial charge >= 0.3 is 0 Å². The number of hydrogen-bond acceptors (Lipinski definition) is 4. The van der Waals surface area contributed by atoms with Crippen LogP contribution in [-0.2, 0) is 13.1 Å². The van der Waals surface area contributed by atoms with Crippen LogP contribution in [0.1, 0.15) is 10.4 Å². The van der Waals surface area contributed by atoms with Crippen molar-refractivity contribution in [3.05, 3.63) is 60.7 Å². The van der Waals surface area contributed by atoms with Gasteiger partial charge in [0.2, 0.25) is 0 Å². The van der Waals surface area contributed by atoms with Gasteiger partial charge in [-0.05, 0) is 23.1 Å². The molecule has 2 aromatic rings. The van der Waals surface area contributed by atoms with Crippen molar-refractivity contribution >= 4 is 33.0 Å². The van der Waals surface area contributed by atoms with Crippen molar-refractivity contribution < 1.29 is 4.92 Å². The zero-order valence-corrected chi connectivity index (χ0v) is 11.8. The van der Waals surface area contributed by atoms with Crippen molar-refractivity contribution in [2.24, 2.45) is 0 Å². The Morgan fingerprint density at radius 1 is 1.33 bits per heavy atom. The maximum atomic E-state index is 10.7. The lowest BCUT2D eigenvalue weighted by molar-refractivity contribution is -0.385. The van der Waals surface area contributed by atoms with E-state index in [0.717, 1.165) is 16.6 Å². The molecule has 0 bridgehead atoms. The van der Waals surface area contributed by atoms with Gasteiger partial charge in [0.1, 0.15) is 0 Å². The molecule has 2 rings (SSSR count). The summed E-state index contributed by atoms with van der Waals surface area (Å²) in [5, 5.41) is 16.0. The van der Waals surface area contributed by atoms with E-state index in [9.17, 15) is 10.1 Å². The van der Waals surface area contributed by atoms with E-state index in [1.807, 2.05) is 17.5 Å². The number of halogens is 1. The van der Waals surface area contributed by atoms with Crippen molar-refractivity contribution in [1.82, 2.24) is 5.32 Å². The third kappa shape index (κ3) is 3.63. The predicted molar refractivity (Wildman–Crippen MR) is 75.7 cm³/mol. The van der Waals surface area contributed by atoms with Crippen molar-refractivity contribution in [1.29, 1.82) is 0 Å². The van der Waals surface area contributed by atoms with E-state index in [-0.39, 0.29) is 10.6 Å². The van der Waals surface area contributed by atoms with Crippen LogP contribution in [0.25, 0.3) is 0 Å². The molecule has 0 unspecified atom stereocenters. The molecule has 1 aromatic carbocycles. The second-order valence-corrected chi connectivity index (χ2v) is 5.71. The SMILES string of the molecule is O=[N+]([O-])c1cc(Br)cc(CNCc2cccs2)c1. The fourth-order valence-electron chi connectivity index (χ4n) is 1.58. The first-order chi connectivity index (χ1) is 8.65. The topological polar surface area (TPSA) is 55.2 Å². The van der Waals surface area contributed by atoms with Gasteiger partial charge in [-0.2, -0.15) is 0 Å². The molecule has 0 saturated carbocycles. The summed E-state index contributed by atoms with van der Waals surface area (Å²) in [5.41, 5.74) is 1.00. The highest BCUT2D eigenvalue weighted by Crippen LogP contribution is 2.21. The van der Waals surface area contributed by atoms with Crippen molar-refractivity contribution in [3.63, 3.8) is 0 Å². The van der Waals surface area contributed by atoms with Crippen LogP contribution in [0.15, 0.2) is 40.2 Å². The minimum atomic E-state index is -0.381. The first-order valence-electron chi connectivity index (χ1n) is 5.32. The van der Waals surface area contributed by atoms with Crippen LogP contribution in [-0.4, -0.2) is 4.92 Å². The van der Waals surface area contributed by atoms with Gasteiger partial charge in [0.15, 0.2) is 0 Å². The van der Waals surface area contributed by atoms with Crippen LogP contribution in [0.3, 0.4) is 0 Å². The second kappa shape index (κ2) is 6.08. The van der Waals surface area contributed by atoms with Gasteiger partial charge in [0.25, 0.3) is 5.69 Å². The number of nitro benzene ring substituents is 1. The Morgan fingerprint density at radius 2 is 2.17 bits per heavy atom. The Labute approximate surface area is 117 Å². The molecule has 1 heterocycles. The average Bonchev–Trinajstić information content (AvgIpc) is 2.81. The number of non-ortho nitro benzene ring substituents is 1. The Kier molecular flexibility index (Phi) is 4.46. The molecule has 0 aliphatic heterocycles. The van der Waals surface area contributed by atoms with Crippen LogP contribution in [0.5, 0.6) is 0 Å². The minimum Gasteiger partial charge on any atom is -0.308 e. The number of nitro groups is 1. The smallest absolute Gasteiger partial charge is 0.270 e. The van der Waals surface area contributed by atoms with Gasteiger partial charge in [-0.15, -0.1) is 11.3 Å². The highest BCUT2D eigenvalue weighted by atomic mass is 79.9. The van der Waals surface area contributed by atoms with E-state index < -0.39 is 0 Å². The van der Waals surface area contributed by atoms with E-state index in [1.165, 1.54) is 10.9 Å². The zero-order valence-electron chi connectivity index (χ0n) is 9.43. The maximum absolute atomic E-state index is 10.7. The summed E-state index contributed by atoms with van der Waals surface area (Å²) in [6.45, 7) is 1.39. The van der Waals surface area contributed by atoms with Gasteiger partial charge in [0.05, 0.1) is 4.92 Å². The molecule has 0 spiro atoms. The van der Waals surface area contributed by atoms with Gasteiger partial charge in [-0.25, -0.2) is 0 Å². The number of rotatable bonds is 5. The Bertz CT molecular complexity index is 543. The van der Waals surface area contributed by atoms with Crippen LogP contribution in [0.4, 0.5) is 5.69 Å². The number of benzene rings is 1. The van der Waals surface area contributed by atoms with E-state index in [2.05, 4.69) is 27.3 Å². The fourth-order valence-corrected chi connectivity index (χ4v) is 2.79. The number of hydrogen-bond donors (Lipinski definition) is 1. The molecule has 0 atom stereocenters. The number of nitrogens with one attached hydrogen (secondary N) is 1. The van der Waals surface area contributed by atoms with E-state index >= 15 is 0 Å². The standard InChI is InChI=1S/C12H11BrN2O2S/c13-10-4-9(5-11(6-10)15(16)17)7-14-8-12-2-1-3-18-12/h1-6,14H,7-8H2. The fraction of sp³-hybridized carbons (Fsp3) is 0.167. The molecular formula is C12H11BrN2O2S. The third-order valence-corrected chi connectivity index (χ3v) is 3.70. The molecular weight excluding hydrogens is 316 g/mol. The molecule has 0 fully saturated rings. The summed E-state index contributed by atoms with van der Waals surface area (Å²) in [7, 11) is 0. The second-order valence-electron chi connectivity index (χ2n) is 3.76. The summed E-state index contributed by atoms with van der Waals surface area (Å²) in [6, 6.07) is 9.04.